The van der Waals surface area contributed by atoms with Gasteiger partial charge in [-0.15, -0.1) is 0 Å². The van der Waals surface area contributed by atoms with Gasteiger partial charge in [-0.1, -0.05) is 66.7 Å². The van der Waals surface area contributed by atoms with E-state index >= 15 is 0 Å². The first-order valence-corrected chi connectivity index (χ1v) is 22.4. The van der Waals surface area contributed by atoms with Crippen LogP contribution in [0.25, 0.3) is 0 Å². The van der Waals surface area contributed by atoms with Crippen molar-refractivity contribution in [1.29, 1.82) is 0 Å². The molecule has 3 aromatic rings. The lowest BCUT2D eigenvalue weighted by Crippen LogP contribution is -2.71. The van der Waals surface area contributed by atoms with Crippen LogP contribution in [0.4, 0.5) is 26.3 Å². The summed E-state index contributed by atoms with van der Waals surface area (Å²) in [5, 5.41) is 3.46. The molecule has 63 heavy (non-hydrogen) atoms. The van der Waals surface area contributed by atoms with Crippen molar-refractivity contribution in [2.45, 2.75) is 93.7 Å². The van der Waals surface area contributed by atoms with E-state index < -0.39 is 23.5 Å². The number of fused-ring (bicyclic) bond motifs is 2. The third-order valence-electron chi connectivity index (χ3n) is 13.6. The highest BCUT2D eigenvalue weighted by Gasteiger charge is 2.48. The fourth-order valence-electron chi connectivity index (χ4n) is 10.6. The minimum absolute atomic E-state index is 0.00102. The molecule has 1 N–H and O–H groups in total. The molecular weight excluding hydrogens is 827 g/mol. The fourth-order valence-corrected chi connectivity index (χ4v) is 10.6. The van der Waals surface area contributed by atoms with Gasteiger partial charge >= 0.3 is 12.4 Å². The molecule has 342 valence electrons. The molecule has 2 amide bonds. The van der Waals surface area contributed by atoms with Gasteiger partial charge in [-0.3, -0.25) is 24.3 Å². The molecule has 16 heteroatoms. The number of carbonyl (C=O) groups excluding carboxylic acids is 2. The van der Waals surface area contributed by atoms with E-state index in [4.69, 9.17) is 9.47 Å². The lowest BCUT2D eigenvalue weighted by atomic mass is 9.90. The molecule has 9 rings (SSSR count). The largest absolute Gasteiger partial charge is 0.416 e. The van der Waals surface area contributed by atoms with Crippen LogP contribution >= 0.6 is 0 Å². The number of piperazine rings is 2. The van der Waals surface area contributed by atoms with Crippen LogP contribution in [0.5, 0.6) is 0 Å². The number of likely N-dealkylation sites (tertiary alicyclic amines) is 2. The lowest BCUT2D eigenvalue weighted by Gasteiger charge is -2.54. The van der Waals surface area contributed by atoms with E-state index in [0.717, 1.165) is 82.7 Å². The molecule has 0 spiro atoms. The Bertz CT molecular complexity index is 1990. The van der Waals surface area contributed by atoms with Crippen molar-refractivity contribution < 1.29 is 45.4 Å². The molecule has 3 aromatic carbocycles. The van der Waals surface area contributed by atoms with E-state index in [9.17, 15) is 35.9 Å². The number of nitrogens with one attached hydrogen (secondary N) is 1. The van der Waals surface area contributed by atoms with Gasteiger partial charge in [0, 0.05) is 32.7 Å². The number of amides is 2. The number of halogens is 6. The summed E-state index contributed by atoms with van der Waals surface area (Å²) in [6.45, 7) is 9.58. The number of nitrogens with zero attached hydrogens (tertiary/aromatic N) is 5. The maximum Gasteiger partial charge on any atom is 0.416 e. The number of benzene rings is 3. The number of ether oxygens (including phenoxy) is 2. The Labute approximate surface area is 365 Å². The van der Waals surface area contributed by atoms with Crippen LogP contribution in [0.1, 0.15) is 53.5 Å². The highest BCUT2D eigenvalue weighted by molar-refractivity contribution is 5.80. The van der Waals surface area contributed by atoms with Crippen LogP contribution in [-0.4, -0.2) is 151 Å². The van der Waals surface area contributed by atoms with Crippen LogP contribution in [0, 0.1) is 0 Å². The number of hydrogen-bond donors (Lipinski definition) is 1. The van der Waals surface area contributed by atoms with E-state index in [1.54, 1.807) is 12.1 Å². The quantitative estimate of drug-likeness (QED) is 0.288. The lowest BCUT2D eigenvalue weighted by molar-refractivity contribution is -0.153. The Kier molecular flexibility index (Phi) is 14.4. The molecular formula is C47H58F6N6O4. The third kappa shape index (κ3) is 10.9. The Hall–Kier alpha value is -4.06. The molecule has 0 aliphatic carbocycles. The zero-order valence-electron chi connectivity index (χ0n) is 35.5. The van der Waals surface area contributed by atoms with Gasteiger partial charge in [-0.05, 0) is 80.7 Å². The van der Waals surface area contributed by atoms with Gasteiger partial charge in [-0.2, -0.15) is 26.3 Å². The van der Waals surface area contributed by atoms with Crippen molar-refractivity contribution in [3.05, 3.63) is 107 Å². The number of carbonyl (C=O) groups is 2. The minimum atomic E-state index is -4.42. The van der Waals surface area contributed by atoms with Gasteiger partial charge in [0.2, 0.25) is 11.8 Å². The molecule has 6 atom stereocenters. The second-order valence-corrected chi connectivity index (χ2v) is 17.7. The van der Waals surface area contributed by atoms with E-state index in [2.05, 4.69) is 32.1 Å². The maximum absolute atomic E-state index is 13.6. The van der Waals surface area contributed by atoms with Crippen LogP contribution < -0.4 is 5.32 Å². The number of rotatable bonds is 8. The first-order valence-electron chi connectivity index (χ1n) is 22.4. The van der Waals surface area contributed by atoms with E-state index in [-0.39, 0.29) is 60.9 Å². The molecule has 10 nitrogen and oxygen atoms in total. The van der Waals surface area contributed by atoms with Crippen LogP contribution in [0.15, 0.2) is 78.9 Å². The van der Waals surface area contributed by atoms with Crippen molar-refractivity contribution in [3.8, 4) is 0 Å². The molecule has 0 unspecified atom stereocenters. The summed E-state index contributed by atoms with van der Waals surface area (Å²) in [6.07, 6.45) is -4.28. The summed E-state index contributed by atoms with van der Waals surface area (Å²) in [5.41, 5.74) is 0.599. The predicted octanol–water partition coefficient (Wildman–Crippen LogP) is 5.74. The van der Waals surface area contributed by atoms with Crippen molar-refractivity contribution >= 4 is 11.8 Å². The molecule has 0 radical (unpaired) electrons. The van der Waals surface area contributed by atoms with Gasteiger partial charge in [0.25, 0.3) is 0 Å². The normalized spacial score (nSPS) is 27.3. The van der Waals surface area contributed by atoms with Gasteiger partial charge in [0.05, 0.1) is 86.6 Å². The highest BCUT2D eigenvalue weighted by atomic mass is 19.4. The number of alkyl halides is 6. The summed E-state index contributed by atoms with van der Waals surface area (Å²) in [4.78, 5) is 37.7. The minimum Gasteiger partial charge on any atom is -0.378 e. The molecule has 6 saturated heterocycles. The predicted molar refractivity (Wildman–Crippen MR) is 225 cm³/mol. The summed E-state index contributed by atoms with van der Waals surface area (Å²) in [6, 6.07) is 20.8. The zero-order chi connectivity index (χ0) is 44.1. The van der Waals surface area contributed by atoms with E-state index in [1.165, 1.54) is 17.7 Å². The summed E-state index contributed by atoms with van der Waals surface area (Å²) in [5.74, 6) is -0.216. The Morgan fingerprint density at radius 3 is 1.60 bits per heavy atom. The zero-order valence-corrected chi connectivity index (χ0v) is 35.5. The second kappa shape index (κ2) is 20.0. The van der Waals surface area contributed by atoms with Crippen LogP contribution in [0.2, 0.25) is 0 Å². The molecule has 0 bridgehead atoms. The summed E-state index contributed by atoms with van der Waals surface area (Å²) in [7, 11) is 0. The van der Waals surface area contributed by atoms with Crippen LogP contribution in [0.3, 0.4) is 0 Å². The van der Waals surface area contributed by atoms with Crippen molar-refractivity contribution in [2.75, 3.05) is 78.8 Å². The van der Waals surface area contributed by atoms with Crippen molar-refractivity contribution in [1.82, 2.24) is 29.8 Å². The van der Waals surface area contributed by atoms with E-state index in [1.807, 2.05) is 28.0 Å². The summed E-state index contributed by atoms with van der Waals surface area (Å²) < 4.78 is 90.4. The second-order valence-electron chi connectivity index (χ2n) is 17.7. The first-order chi connectivity index (χ1) is 30.3. The Morgan fingerprint density at radius 2 is 1.05 bits per heavy atom. The molecule has 0 saturated carbocycles. The Morgan fingerprint density at radius 1 is 0.556 bits per heavy atom. The van der Waals surface area contributed by atoms with Gasteiger partial charge in [-0.25, -0.2) is 0 Å². The average Bonchev–Trinajstić information content (AvgIpc) is 4.03. The average molecular weight is 885 g/mol. The van der Waals surface area contributed by atoms with Crippen molar-refractivity contribution in [3.63, 3.8) is 0 Å². The molecule has 6 aliphatic heterocycles. The standard InChI is InChI=1S/C27H32F3N3O2.C20H26F3N3O2/c28-27(29,30)22-10-6-9-21(15-22)16-25(34)33-14-13-32(17-20-7-2-1-3-8-20)24-19-35-18-23(26(24)33)31-11-4-5-12-31;21-20(22,23)15-5-3-4-14(10-15)11-18(27)26-9-6-24-16-12-28-13-17(19(16)26)25-7-1-2-8-25/h1-3,6-10,15,23-24,26H,4-5,11-14,16-19H2;3-5,10,16-17,19,24H,1-2,6-9,11-13H2/t23-,24+,26+;16-,17+,19+/m01/s1. The summed E-state index contributed by atoms with van der Waals surface area (Å²) >= 11 is 0. The van der Waals surface area contributed by atoms with E-state index in [0.29, 0.717) is 63.7 Å². The molecule has 6 fully saturated rings. The Balaban J connectivity index is 0.000000177. The number of hydrogen-bond acceptors (Lipinski definition) is 8. The maximum atomic E-state index is 13.6. The van der Waals surface area contributed by atoms with Gasteiger partial charge in [0.15, 0.2) is 0 Å². The molecule has 0 aromatic heterocycles. The molecule has 6 aliphatic rings. The first kappa shape index (κ1) is 45.5. The third-order valence-corrected chi connectivity index (χ3v) is 13.6. The fraction of sp³-hybridized carbons (Fsp3) is 0.574. The van der Waals surface area contributed by atoms with Gasteiger partial charge in [0.1, 0.15) is 0 Å². The molecule has 6 heterocycles. The van der Waals surface area contributed by atoms with Crippen LogP contribution in [-0.2, 0) is 50.8 Å². The highest BCUT2D eigenvalue weighted by Crippen LogP contribution is 2.34. The van der Waals surface area contributed by atoms with Gasteiger partial charge < -0.3 is 24.6 Å². The smallest absolute Gasteiger partial charge is 0.378 e. The SMILES string of the molecule is O=C(Cc1cccc(C(F)(F)F)c1)N1CCN(Cc2ccccc2)[C@@H]2COC[C@H](N3CCCC3)[C@H]21.O=C(Cc1cccc(C(F)(F)F)c1)N1CCN[C@@H]2COC[C@H](N3CCCC3)[C@H]21. The monoisotopic (exact) mass is 884 g/mol. The van der Waals surface area contributed by atoms with Crippen molar-refractivity contribution in [2.24, 2.45) is 0 Å². The topological polar surface area (TPSA) is 80.8 Å².